The molecule has 0 aliphatic heterocycles. The second-order valence-electron chi connectivity index (χ2n) is 4.44. The van der Waals surface area contributed by atoms with Crippen LogP contribution in [0.4, 0.5) is 5.82 Å². The summed E-state index contributed by atoms with van der Waals surface area (Å²) in [5, 5.41) is 2.32. The Hall–Kier alpha value is -1.50. The van der Waals surface area contributed by atoms with E-state index < -0.39 is 0 Å². The van der Waals surface area contributed by atoms with E-state index in [2.05, 4.69) is 19.9 Å². The van der Waals surface area contributed by atoms with E-state index in [1.54, 1.807) is 0 Å². The summed E-state index contributed by atoms with van der Waals surface area (Å²) >= 11 is 13.5. The van der Waals surface area contributed by atoms with Gasteiger partial charge < -0.3 is 10.7 Å². The second kappa shape index (κ2) is 5.71. The fourth-order valence-electron chi connectivity index (χ4n) is 1.93. The van der Waals surface area contributed by atoms with E-state index in [0.29, 0.717) is 21.3 Å². The van der Waals surface area contributed by atoms with Crippen molar-refractivity contribution in [1.29, 1.82) is 0 Å². The Morgan fingerprint density at radius 2 is 2.05 bits per heavy atom. The molecule has 0 fully saturated rings. The van der Waals surface area contributed by atoms with Gasteiger partial charge in [0.15, 0.2) is 10.3 Å². The fraction of sp³-hybridized carbons (Fsp3) is 0.154. The molecule has 0 radical (unpaired) electrons. The van der Waals surface area contributed by atoms with Crippen molar-refractivity contribution in [3.05, 3.63) is 40.4 Å². The normalized spacial score (nSPS) is 12.7. The zero-order chi connectivity index (χ0) is 15.0. The minimum Gasteiger partial charge on any atom is -0.384 e. The second-order valence-corrected chi connectivity index (χ2v) is 6.49. The lowest BCUT2D eigenvalue weighted by molar-refractivity contribution is 0.947. The topological polar surface area (TPSA) is 80.5 Å². The zero-order valence-electron chi connectivity index (χ0n) is 11.0. The van der Waals surface area contributed by atoms with E-state index in [4.69, 9.17) is 28.9 Å². The van der Waals surface area contributed by atoms with Crippen LogP contribution in [0, 0.1) is 0 Å². The summed E-state index contributed by atoms with van der Waals surface area (Å²) in [7, 11) is 0. The van der Waals surface area contributed by atoms with Crippen LogP contribution in [0.2, 0.25) is 10.3 Å². The molecular weight excluding hydrogens is 329 g/mol. The van der Waals surface area contributed by atoms with Crippen molar-refractivity contribution in [2.45, 2.75) is 17.3 Å². The maximum atomic E-state index is 6.18. The van der Waals surface area contributed by atoms with Crippen LogP contribution in [0.15, 0.2) is 29.6 Å². The maximum Gasteiger partial charge on any atom is 0.191 e. The molecule has 5 nitrogen and oxygen atoms in total. The third-order valence-electron chi connectivity index (χ3n) is 2.91. The Labute approximate surface area is 135 Å². The average molecular weight is 340 g/mol. The summed E-state index contributed by atoms with van der Waals surface area (Å²) in [4.78, 5) is 15.8. The lowest BCUT2D eigenvalue weighted by atomic mass is 10.2. The lowest BCUT2D eigenvalue weighted by Gasteiger charge is -2.11. The SMILES string of the molecule is CC(Sc1nc(N)cc(Cl)n1)c1cc2cc[nH]c2c(Cl)n1. The lowest BCUT2D eigenvalue weighted by Crippen LogP contribution is -1.98. The molecule has 0 amide bonds. The molecule has 8 heteroatoms. The quantitative estimate of drug-likeness (QED) is 0.325. The van der Waals surface area contributed by atoms with Crippen molar-refractivity contribution in [3.63, 3.8) is 0 Å². The van der Waals surface area contributed by atoms with Crippen LogP contribution in [0.5, 0.6) is 0 Å². The minimum atomic E-state index is 0.0136. The number of nitrogens with two attached hydrogens (primary N) is 1. The molecule has 0 bridgehead atoms. The fourth-order valence-corrected chi connectivity index (χ4v) is 3.30. The molecule has 1 unspecified atom stereocenters. The van der Waals surface area contributed by atoms with E-state index in [0.717, 1.165) is 16.6 Å². The maximum absolute atomic E-state index is 6.18. The van der Waals surface area contributed by atoms with E-state index in [1.165, 1.54) is 17.8 Å². The molecule has 0 aromatic carbocycles. The molecule has 0 aliphatic rings. The van der Waals surface area contributed by atoms with Crippen molar-refractivity contribution >= 4 is 51.7 Å². The monoisotopic (exact) mass is 339 g/mol. The third-order valence-corrected chi connectivity index (χ3v) is 4.36. The largest absolute Gasteiger partial charge is 0.384 e. The highest BCUT2D eigenvalue weighted by Crippen LogP contribution is 2.35. The first-order chi connectivity index (χ1) is 10.0. The van der Waals surface area contributed by atoms with E-state index in [1.807, 2.05) is 25.3 Å². The van der Waals surface area contributed by atoms with E-state index in [-0.39, 0.29) is 5.25 Å². The number of anilines is 1. The first kappa shape index (κ1) is 14.4. The van der Waals surface area contributed by atoms with Crippen LogP contribution < -0.4 is 5.73 Å². The summed E-state index contributed by atoms with van der Waals surface area (Å²) in [6, 6.07) is 5.46. The molecule has 0 aliphatic carbocycles. The number of halogens is 2. The summed E-state index contributed by atoms with van der Waals surface area (Å²) in [6.07, 6.45) is 1.83. The van der Waals surface area contributed by atoms with Crippen LogP contribution in [-0.4, -0.2) is 19.9 Å². The summed E-state index contributed by atoms with van der Waals surface area (Å²) < 4.78 is 0. The van der Waals surface area contributed by atoms with Crippen molar-refractivity contribution in [2.24, 2.45) is 0 Å². The van der Waals surface area contributed by atoms with Gasteiger partial charge in [0.2, 0.25) is 0 Å². The van der Waals surface area contributed by atoms with Gasteiger partial charge >= 0.3 is 0 Å². The Morgan fingerprint density at radius 1 is 1.24 bits per heavy atom. The number of pyridine rings is 1. The zero-order valence-corrected chi connectivity index (χ0v) is 13.3. The number of nitrogen functional groups attached to an aromatic ring is 1. The smallest absolute Gasteiger partial charge is 0.191 e. The predicted molar refractivity (Wildman–Crippen MR) is 86.8 cm³/mol. The van der Waals surface area contributed by atoms with Crippen LogP contribution in [0.1, 0.15) is 17.9 Å². The van der Waals surface area contributed by atoms with Gasteiger partial charge in [0.05, 0.1) is 16.5 Å². The number of aromatic amines is 1. The molecule has 108 valence electrons. The van der Waals surface area contributed by atoms with Gasteiger partial charge in [-0.05, 0) is 19.1 Å². The Kier molecular flexibility index (Phi) is 3.93. The van der Waals surface area contributed by atoms with Crippen molar-refractivity contribution in [1.82, 2.24) is 19.9 Å². The van der Waals surface area contributed by atoms with Gasteiger partial charge in [-0.2, -0.15) is 0 Å². The number of aromatic nitrogens is 4. The third kappa shape index (κ3) is 3.07. The predicted octanol–water partition coefficient (Wildman–Crippen LogP) is 4.10. The Balaban J connectivity index is 1.91. The first-order valence-corrected chi connectivity index (χ1v) is 7.77. The molecule has 21 heavy (non-hydrogen) atoms. The number of thioether (sulfide) groups is 1. The highest BCUT2D eigenvalue weighted by atomic mass is 35.5. The number of hydrogen-bond acceptors (Lipinski definition) is 5. The van der Waals surface area contributed by atoms with E-state index in [9.17, 15) is 0 Å². The molecule has 0 saturated heterocycles. The van der Waals surface area contributed by atoms with Gasteiger partial charge in [-0.3, -0.25) is 0 Å². The van der Waals surface area contributed by atoms with Gasteiger partial charge in [-0.1, -0.05) is 35.0 Å². The van der Waals surface area contributed by atoms with Crippen molar-refractivity contribution in [3.8, 4) is 0 Å². The van der Waals surface area contributed by atoms with Gasteiger partial charge in [0, 0.05) is 17.6 Å². The molecule has 1 atom stereocenters. The number of rotatable bonds is 3. The van der Waals surface area contributed by atoms with Crippen molar-refractivity contribution < 1.29 is 0 Å². The molecule has 0 saturated carbocycles. The Bertz CT molecular complexity index is 784. The van der Waals surface area contributed by atoms with E-state index >= 15 is 0 Å². The Morgan fingerprint density at radius 3 is 2.81 bits per heavy atom. The highest BCUT2D eigenvalue weighted by Gasteiger charge is 2.15. The van der Waals surface area contributed by atoms with Gasteiger partial charge in [0.25, 0.3) is 0 Å². The van der Waals surface area contributed by atoms with Gasteiger partial charge in [-0.15, -0.1) is 0 Å². The molecule has 3 rings (SSSR count). The number of nitrogens with one attached hydrogen (secondary N) is 1. The summed E-state index contributed by atoms with van der Waals surface area (Å²) in [5.74, 6) is 0.344. The number of H-pyrrole nitrogens is 1. The van der Waals surface area contributed by atoms with Crippen LogP contribution >= 0.6 is 35.0 Å². The molecular formula is C13H11Cl2N5S. The molecule has 0 spiro atoms. The molecule has 3 aromatic heterocycles. The standard InChI is InChI=1S/C13H11Cl2N5S/c1-6(21-13-19-9(14)5-10(16)20-13)8-4-7-2-3-17-11(7)12(15)18-8/h2-6,17H,1H3,(H2,16,19,20). The van der Waals surface area contributed by atoms with Gasteiger partial charge in [-0.25, -0.2) is 15.0 Å². The highest BCUT2D eigenvalue weighted by molar-refractivity contribution is 7.99. The number of fused-ring (bicyclic) bond motifs is 1. The van der Waals surface area contributed by atoms with Crippen LogP contribution in [-0.2, 0) is 0 Å². The first-order valence-electron chi connectivity index (χ1n) is 6.13. The van der Waals surface area contributed by atoms with Gasteiger partial charge in [0.1, 0.15) is 11.0 Å². The summed E-state index contributed by atoms with van der Waals surface area (Å²) in [6.45, 7) is 2.00. The minimum absolute atomic E-state index is 0.0136. The van der Waals surface area contributed by atoms with Crippen LogP contribution in [0.3, 0.4) is 0 Å². The number of nitrogens with zero attached hydrogens (tertiary/aromatic N) is 3. The average Bonchev–Trinajstić information content (AvgIpc) is 2.86. The molecule has 3 aromatic rings. The van der Waals surface area contributed by atoms with Crippen molar-refractivity contribution in [2.75, 3.05) is 5.73 Å². The van der Waals surface area contributed by atoms with Crippen LogP contribution in [0.25, 0.3) is 10.9 Å². The molecule has 3 heterocycles. The summed E-state index contributed by atoms with van der Waals surface area (Å²) in [5.41, 5.74) is 7.35. The number of hydrogen-bond donors (Lipinski definition) is 2. The molecule has 3 N–H and O–H groups in total.